The van der Waals surface area contributed by atoms with Gasteiger partial charge in [-0.05, 0) is 31.2 Å². The molecule has 1 heterocycles. The lowest BCUT2D eigenvalue weighted by Crippen LogP contribution is -2.09. The molecule has 0 bridgehead atoms. The molecule has 0 saturated carbocycles. The summed E-state index contributed by atoms with van der Waals surface area (Å²) in [4.78, 5) is 0. The molecule has 0 atom stereocenters. The number of nitriles is 1. The molecule has 1 aromatic heterocycles. The first-order chi connectivity index (χ1) is 10.8. The lowest BCUT2D eigenvalue weighted by Gasteiger charge is -2.11. The molecule has 4 nitrogen and oxygen atoms in total. The van der Waals surface area contributed by atoms with Crippen LogP contribution in [0.15, 0.2) is 36.7 Å². The molecule has 0 radical (unpaired) electrons. The highest BCUT2D eigenvalue weighted by Gasteiger charge is 2.33. The molecular weight excluding hydrogens is 312 g/mol. The fourth-order valence-electron chi connectivity index (χ4n) is 1.89. The van der Waals surface area contributed by atoms with E-state index >= 15 is 0 Å². The molecule has 0 spiro atoms. The number of rotatable bonds is 4. The van der Waals surface area contributed by atoms with Gasteiger partial charge in [0.1, 0.15) is 0 Å². The van der Waals surface area contributed by atoms with E-state index in [2.05, 4.69) is 10.4 Å². The van der Waals surface area contributed by atoms with Crippen LogP contribution in [-0.4, -0.2) is 16.3 Å². The topological polar surface area (TPSA) is 53.6 Å². The third kappa shape index (κ3) is 4.10. The third-order valence-electron chi connectivity index (χ3n) is 3.06. The predicted octanol–water partition coefficient (Wildman–Crippen LogP) is 3.89. The monoisotopic (exact) mass is 324 g/mol. The first-order valence-electron chi connectivity index (χ1n) is 6.54. The van der Waals surface area contributed by atoms with E-state index < -0.39 is 23.1 Å². The van der Waals surface area contributed by atoms with Crippen LogP contribution >= 0.6 is 0 Å². The van der Waals surface area contributed by atoms with Crippen LogP contribution in [0.2, 0.25) is 0 Å². The molecule has 0 saturated heterocycles. The number of nitrogens with zero attached hydrogens (tertiary/aromatic N) is 3. The van der Waals surface area contributed by atoms with Gasteiger partial charge in [0.15, 0.2) is 5.82 Å². The SMILES string of the molecule is C/C(=C\CNc1ccc(C#N)c(C(F)(F)F)c1)n1cc(F)cn1. The Morgan fingerprint density at radius 3 is 2.74 bits per heavy atom. The summed E-state index contributed by atoms with van der Waals surface area (Å²) in [7, 11) is 0. The van der Waals surface area contributed by atoms with Gasteiger partial charge in [-0.25, -0.2) is 9.07 Å². The summed E-state index contributed by atoms with van der Waals surface area (Å²) in [6, 6.07) is 4.91. The number of nitrogens with one attached hydrogen (secondary N) is 1. The molecule has 0 amide bonds. The molecule has 0 aliphatic rings. The molecule has 2 rings (SSSR count). The van der Waals surface area contributed by atoms with E-state index in [0.717, 1.165) is 18.3 Å². The first kappa shape index (κ1) is 16.5. The Morgan fingerprint density at radius 1 is 1.43 bits per heavy atom. The first-order valence-corrected chi connectivity index (χ1v) is 6.54. The summed E-state index contributed by atoms with van der Waals surface area (Å²) in [6.45, 7) is 1.91. The Balaban J connectivity index is 2.11. The van der Waals surface area contributed by atoms with E-state index in [0.29, 0.717) is 5.70 Å². The van der Waals surface area contributed by atoms with Crippen molar-refractivity contribution >= 4 is 11.4 Å². The number of benzene rings is 1. The van der Waals surface area contributed by atoms with Crippen LogP contribution < -0.4 is 5.32 Å². The van der Waals surface area contributed by atoms with Crippen molar-refractivity contribution in [2.75, 3.05) is 11.9 Å². The van der Waals surface area contributed by atoms with Crippen molar-refractivity contribution in [1.82, 2.24) is 9.78 Å². The predicted molar refractivity (Wildman–Crippen MR) is 76.8 cm³/mol. The van der Waals surface area contributed by atoms with E-state index in [1.807, 2.05) is 0 Å². The summed E-state index contributed by atoms with van der Waals surface area (Å²) < 4.78 is 52.7. The fraction of sp³-hybridized carbons (Fsp3) is 0.200. The van der Waals surface area contributed by atoms with Crippen molar-refractivity contribution in [1.29, 1.82) is 5.26 Å². The summed E-state index contributed by atoms with van der Waals surface area (Å²) in [5, 5.41) is 15.3. The molecule has 0 aliphatic heterocycles. The van der Waals surface area contributed by atoms with Crippen LogP contribution in [0.1, 0.15) is 18.1 Å². The van der Waals surface area contributed by atoms with Crippen molar-refractivity contribution in [3.05, 3.63) is 53.6 Å². The minimum absolute atomic E-state index is 0.219. The number of halogens is 4. The number of aromatic nitrogens is 2. The van der Waals surface area contributed by atoms with E-state index in [9.17, 15) is 17.6 Å². The molecule has 1 N–H and O–H groups in total. The normalized spacial score (nSPS) is 12.1. The van der Waals surface area contributed by atoms with Crippen molar-refractivity contribution in [3.8, 4) is 6.07 Å². The van der Waals surface area contributed by atoms with Gasteiger partial charge in [0.2, 0.25) is 0 Å². The zero-order chi connectivity index (χ0) is 17.0. The van der Waals surface area contributed by atoms with Gasteiger partial charge in [0, 0.05) is 17.9 Å². The van der Waals surface area contributed by atoms with E-state index in [4.69, 9.17) is 5.26 Å². The Kier molecular flexibility index (Phi) is 4.69. The summed E-state index contributed by atoms with van der Waals surface area (Å²) in [6.07, 6.45) is -0.699. The Hall–Kier alpha value is -2.82. The van der Waals surface area contributed by atoms with Crippen LogP contribution in [-0.2, 0) is 6.18 Å². The van der Waals surface area contributed by atoms with E-state index in [1.165, 1.54) is 23.0 Å². The fourth-order valence-corrected chi connectivity index (χ4v) is 1.89. The highest BCUT2D eigenvalue weighted by Crippen LogP contribution is 2.33. The largest absolute Gasteiger partial charge is 0.417 e. The smallest absolute Gasteiger partial charge is 0.381 e. The van der Waals surface area contributed by atoms with Gasteiger partial charge in [0.25, 0.3) is 0 Å². The molecule has 0 aliphatic carbocycles. The maximum absolute atomic E-state index is 12.9. The van der Waals surface area contributed by atoms with Gasteiger partial charge in [-0.15, -0.1) is 0 Å². The van der Waals surface area contributed by atoms with Crippen molar-refractivity contribution in [3.63, 3.8) is 0 Å². The minimum atomic E-state index is -4.60. The molecule has 1 aromatic carbocycles. The Bertz CT molecular complexity index is 769. The number of allylic oxidation sites excluding steroid dienone is 1. The zero-order valence-electron chi connectivity index (χ0n) is 12.0. The number of hydrogen-bond acceptors (Lipinski definition) is 3. The third-order valence-corrected chi connectivity index (χ3v) is 3.06. The van der Waals surface area contributed by atoms with Gasteiger partial charge in [-0.3, -0.25) is 0 Å². The van der Waals surface area contributed by atoms with E-state index in [-0.39, 0.29) is 12.2 Å². The second kappa shape index (κ2) is 6.52. The van der Waals surface area contributed by atoms with Crippen molar-refractivity contribution in [2.24, 2.45) is 0 Å². The number of hydrogen-bond donors (Lipinski definition) is 1. The number of alkyl halides is 3. The van der Waals surface area contributed by atoms with Crippen LogP contribution in [0.5, 0.6) is 0 Å². The molecule has 0 unspecified atom stereocenters. The quantitative estimate of drug-likeness (QED) is 0.868. The summed E-state index contributed by atoms with van der Waals surface area (Å²) in [5.41, 5.74) is -0.570. The molecule has 120 valence electrons. The summed E-state index contributed by atoms with van der Waals surface area (Å²) in [5.74, 6) is -0.479. The lowest BCUT2D eigenvalue weighted by atomic mass is 10.1. The van der Waals surface area contributed by atoms with Gasteiger partial charge >= 0.3 is 6.18 Å². The molecular formula is C15H12F4N4. The minimum Gasteiger partial charge on any atom is -0.381 e. The maximum atomic E-state index is 12.9. The van der Waals surface area contributed by atoms with Gasteiger partial charge in [-0.1, -0.05) is 0 Å². The van der Waals surface area contributed by atoms with Gasteiger partial charge in [0.05, 0.1) is 29.6 Å². The van der Waals surface area contributed by atoms with Crippen LogP contribution in [0.4, 0.5) is 23.2 Å². The van der Waals surface area contributed by atoms with Crippen LogP contribution in [0, 0.1) is 17.1 Å². The molecule has 0 fully saturated rings. The molecule has 8 heteroatoms. The second-order valence-corrected chi connectivity index (χ2v) is 4.70. The summed E-state index contributed by atoms with van der Waals surface area (Å²) >= 11 is 0. The highest BCUT2D eigenvalue weighted by molar-refractivity contribution is 5.54. The van der Waals surface area contributed by atoms with Crippen molar-refractivity contribution in [2.45, 2.75) is 13.1 Å². The van der Waals surface area contributed by atoms with Gasteiger partial charge in [-0.2, -0.15) is 23.5 Å². The highest BCUT2D eigenvalue weighted by atomic mass is 19.4. The average Bonchev–Trinajstić information content (AvgIpc) is 2.93. The van der Waals surface area contributed by atoms with Crippen LogP contribution in [0.3, 0.4) is 0 Å². The van der Waals surface area contributed by atoms with Gasteiger partial charge < -0.3 is 5.32 Å². The zero-order valence-corrected chi connectivity index (χ0v) is 12.0. The maximum Gasteiger partial charge on any atom is 0.417 e. The molecule has 23 heavy (non-hydrogen) atoms. The lowest BCUT2D eigenvalue weighted by molar-refractivity contribution is -0.137. The van der Waals surface area contributed by atoms with E-state index in [1.54, 1.807) is 13.0 Å². The second-order valence-electron chi connectivity index (χ2n) is 4.70. The Morgan fingerprint density at radius 2 is 2.17 bits per heavy atom. The number of anilines is 1. The van der Waals surface area contributed by atoms with Crippen molar-refractivity contribution < 1.29 is 17.6 Å². The standard InChI is InChI=1S/C15H12F4N4/c1-10(23-9-12(16)8-22-23)4-5-21-13-3-2-11(7-20)14(6-13)15(17,18)19/h2-4,6,8-9,21H,5H2,1H3/b10-4+. The Labute approximate surface area is 129 Å². The molecule has 2 aromatic rings. The average molecular weight is 324 g/mol. The van der Waals surface area contributed by atoms with Crippen LogP contribution in [0.25, 0.3) is 5.70 Å².